The number of nitrogens with one attached hydrogen (secondary N) is 1. The van der Waals surface area contributed by atoms with Crippen LogP contribution < -0.4 is 16.0 Å². The molecule has 24 heavy (non-hydrogen) atoms. The first-order valence-electron chi connectivity index (χ1n) is 7.74. The minimum Gasteiger partial charge on any atom is -0.399 e. The molecule has 1 aliphatic heterocycles. The van der Waals surface area contributed by atoms with Gasteiger partial charge in [-0.2, -0.15) is 0 Å². The zero-order valence-corrected chi connectivity index (χ0v) is 13.9. The molecule has 1 aromatic carbocycles. The van der Waals surface area contributed by atoms with Crippen molar-refractivity contribution in [3.63, 3.8) is 0 Å². The Hall–Kier alpha value is -2.31. The molecule has 0 atom stereocenters. The van der Waals surface area contributed by atoms with Crippen LogP contribution in [0.2, 0.25) is 5.02 Å². The monoisotopic (exact) mass is 346 g/mol. The number of benzene rings is 1. The van der Waals surface area contributed by atoms with E-state index in [-0.39, 0.29) is 5.91 Å². The number of amides is 1. The number of rotatable bonds is 4. The molecule has 1 amide bonds. The molecule has 0 bridgehead atoms. The number of aromatic nitrogens is 1. The summed E-state index contributed by atoms with van der Waals surface area (Å²) in [5.74, 6) is 0.687. The summed E-state index contributed by atoms with van der Waals surface area (Å²) in [4.78, 5) is 18.8. The highest BCUT2D eigenvalue weighted by atomic mass is 35.5. The molecule has 126 valence electrons. The van der Waals surface area contributed by atoms with Crippen molar-refractivity contribution in [2.45, 2.75) is 6.54 Å². The summed E-state index contributed by atoms with van der Waals surface area (Å²) < 4.78 is 5.33. The molecular formula is C17H19ClN4O2. The molecule has 3 rings (SSSR count). The summed E-state index contributed by atoms with van der Waals surface area (Å²) in [7, 11) is 0. The number of halogens is 1. The van der Waals surface area contributed by atoms with E-state index in [2.05, 4.69) is 15.2 Å². The number of hydrogen-bond donors (Lipinski definition) is 2. The van der Waals surface area contributed by atoms with Crippen LogP contribution in [0.15, 0.2) is 36.5 Å². The van der Waals surface area contributed by atoms with Crippen molar-refractivity contribution < 1.29 is 9.53 Å². The van der Waals surface area contributed by atoms with Gasteiger partial charge in [-0.05, 0) is 29.8 Å². The van der Waals surface area contributed by atoms with Crippen LogP contribution in [0, 0.1) is 0 Å². The third-order valence-electron chi connectivity index (χ3n) is 3.84. The SMILES string of the molecule is Nc1ccc(C(=O)NCc2ccc(N3CCOCC3)nc2)c(Cl)c1. The number of pyridine rings is 1. The molecule has 1 aliphatic rings. The van der Waals surface area contributed by atoms with Gasteiger partial charge in [-0.3, -0.25) is 4.79 Å². The van der Waals surface area contributed by atoms with Gasteiger partial charge in [0.1, 0.15) is 5.82 Å². The minimum absolute atomic E-state index is 0.239. The summed E-state index contributed by atoms with van der Waals surface area (Å²) in [5, 5.41) is 3.18. The standard InChI is InChI=1S/C17H19ClN4O2/c18-15-9-13(19)2-3-14(15)17(23)21-11-12-1-4-16(20-10-12)22-5-7-24-8-6-22/h1-4,9-10H,5-8,11,19H2,(H,21,23). The molecule has 6 nitrogen and oxygen atoms in total. The van der Waals surface area contributed by atoms with Crippen LogP contribution >= 0.6 is 11.6 Å². The number of nitrogens with zero attached hydrogens (tertiary/aromatic N) is 2. The van der Waals surface area contributed by atoms with Gasteiger partial charge in [-0.15, -0.1) is 0 Å². The smallest absolute Gasteiger partial charge is 0.253 e. The molecule has 0 aliphatic carbocycles. The summed E-state index contributed by atoms with van der Waals surface area (Å²) in [6, 6.07) is 8.76. The number of carbonyl (C=O) groups is 1. The first kappa shape index (κ1) is 16.5. The first-order valence-corrected chi connectivity index (χ1v) is 8.12. The van der Waals surface area contributed by atoms with E-state index in [0.29, 0.717) is 22.8 Å². The highest BCUT2D eigenvalue weighted by Crippen LogP contribution is 2.19. The fourth-order valence-corrected chi connectivity index (χ4v) is 2.77. The molecule has 1 saturated heterocycles. The van der Waals surface area contributed by atoms with Gasteiger partial charge in [-0.1, -0.05) is 17.7 Å². The molecule has 2 heterocycles. The van der Waals surface area contributed by atoms with E-state index in [1.54, 1.807) is 24.4 Å². The van der Waals surface area contributed by atoms with Crippen molar-refractivity contribution in [1.29, 1.82) is 0 Å². The van der Waals surface area contributed by atoms with Gasteiger partial charge in [0.25, 0.3) is 5.91 Å². The predicted octanol–water partition coefficient (Wildman–Crippen LogP) is 2.08. The fraction of sp³-hybridized carbons (Fsp3) is 0.294. The van der Waals surface area contributed by atoms with Crippen LogP contribution in [0.1, 0.15) is 15.9 Å². The van der Waals surface area contributed by atoms with Crippen molar-refractivity contribution in [1.82, 2.24) is 10.3 Å². The van der Waals surface area contributed by atoms with E-state index in [4.69, 9.17) is 22.1 Å². The molecule has 0 saturated carbocycles. The largest absolute Gasteiger partial charge is 0.399 e. The van der Waals surface area contributed by atoms with Gasteiger partial charge < -0.3 is 20.7 Å². The zero-order valence-electron chi connectivity index (χ0n) is 13.2. The normalized spacial score (nSPS) is 14.5. The highest BCUT2D eigenvalue weighted by molar-refractivity contribution is 6.34. The second-order valence-electron chi connectivity index (χ2n) is 5.55. The van der Waals surface area contributed by atoms with E-state index in [0.717, 1.165) is 37.7 Å². The van der Waals surface area contributed by atoms with Crippen LogP contribution in [-0.2, 0) is 11.3 Å². The van der Waals surface area contributed by atoms with Gasteiger partial charge in [0.2, 0.25) is 0 Å². The Morgan fingerprint density at radius 3 is 2.75 bits per heavy atom. The van der Waals surface area contributed by atoms with Crippen molar-refractivity contribution in [2.24, 2.45) is 0 Å². The van der Waals surface area contributed by atoms with E-state index in [1.165, 1.54) is 0 Å². The maximum absolute atomic E-state index is 12.2. The summed E-state index contributed by atoms with van der Waals surface area (Å²) in [6.45, 7) is 3.52. The summed E-state index contributed by atoms with van der Waals surface area (Å²) in [6.07, 6.45) is 1.77. The van der Waals surface area contributed by atoms with Gasteiger partial charge in [0.15, 0.2) is 0 Å². The number of morpholine rings is 1. The number of hydrogen-bond acceptors (Lipinski definition) is 5. The lowest BCUT2D eigenvalue weighted by molar-refractivity contribution is 0.0951. The van der Waals surface area contributed by atoms with Gasteiger partial charge in [0, 0.05) is 31.5 Å². The summed E-state index contributed by atoms with van der Waals surface area (Å²) in [5.41, 5.74) is 7.49. The number of ether oxygens (including phenoxy) is 1. The highest BCUT2D eigenvalue weighted by Gasteiger charge is 2.13. The molecule has 7 heteroatoms. The Kier molecular flexibility index (Phi) is 5.17. The molecule has 1 aromatic heterocycles. The Morgan fingerprint density at radius 2 is 2.08 bits per heavy atom. The minimum atomic E-state index is -0.239. The predicted molar refractivity (Wildman–Crippen MR) is 94.3 cm³/mol. The molecule has 0 unspecified atom stereocenters. The van der Waals surface area contributed by atoms with Crippen molar-refractivity contribution in [2.75, 3.05) is 36.9 Å². The van der Waals surface area contributed by atoms with E-state index in [1.807, 2.05) is 12.1 Å². The fourth-order valence-electron chi connectivity index (χ4n) is 2.49. The van der Waals surface area contributed by atoms with Crippen molar-refractivity contribution >= 4 is 29.0 Å². The maximum Gasteiger partial charge on any atom is 0.253 e. The Bertz CT molecular complexity index is 715. The topological polar surface area (TPSA) is 80.5 Å². The van der Waals surface area contributed by atoms with Crippen LogP contribution in [0.5, 0.6) is 0 Å². The molecule has 0 radical (unpaired) electrons. The lowest BCUT2D eigenvalue weighted by Crippen LogP contribution is -2.36. The number of nitrogen functional groups attached to an aromatic ring is 1. The average Bonchev–Trinajstić information content (AvgIpc) is 2.61. The lowest BCUT2D eigenvalue weighted by Gasteiger charge is -2.27. The number of nitrogens with two attached hydrogens (primary N) is 1. The van der Waals surface area contributed by atoms with Crippen LogP contribution in [0.3, 0.4) is 0 Å². The third kappa shape index (κ3) is 3.96. The maximum atomic E-state index is 12.2. The lowest BCUT2D eigenvalue weighted by atomic mass is 10.2. The first-order chi connectivity index (χ1) is 11.6. The number of carbonyl (C=O) groups excluding carboxylic acids is 1. The van der Waals surface area contributed by atoms with Gasteiger partial charge in [0.05, 0.1) is 23.8 Å². The van der Waals surface area contributed by atoms with E-state index >= 15 is 0 Å². The van der Waals surface area contributed by atoms with Crippen LogP contribution in [-0.4, -0.2) is 37.2 Å². The molecule has 1 fully saturated rings. The van der Waals surface area contributed by atoms with E-state index in [9.17, 15) is 4.79 Å². The van der Waals surface area contributed by atoms with Gasteiger partial charge >= 0.3 is 0 Å². The Balaban J connectivity index is 1.59. The van der Waals surface area contributed by atoms with Crippen LogP contribution in [0.4, 0.5) is 11.5 Å². The second kappa shape index (κ2) is 7.51. The third-order valence-corrected chi connectivity index (χ3v) is 4.15. The molecule has 3 N–H and O–H groups in total. The Labute approximate surface area is 145 Å². The number of anilines is 2. The van der Waals surface area contributed by atoms with Gasteiger partial charge in [-0.25, -0.2) is 4.98 Å². The quantitative estimate of drug-likeness (QED) is 0.828. The van der Waals surface area contributed by atoms with Crippen molar-refractivity contribution in [3.05, 3.63) is 52.7 Å². The zero-order chi connectivity index (χ0) is 16.9. The van der Waals surface area contributed by atoms with E-state index < -0.39 is 0 Å². The second-order valence-corrected chi connectivity index (χ2v) is 5.95. The molecule has 0 spiro atoms. The Morgan fingerprint density at radius 1 is 1.29 bits per heavy atom. The van der Waals surface area contributed by atoms with Crippen molar-refractivity contribution in [3.8, 4) is 0 Å². The average molecular weight is 347 g/mol. The molecule has 2 aromatic rings. The summed E-state index contributed by atoms with van der Waals surface area (Å²) >= 11 is 6.04. The van der Waals surface area contributed by atoms with Crippen LogP contribution in [0.25, 0.3) is 0 Å². The molecular weight excluding hydrogens is 328 g/mol.